The normalized spacial score (nSPS) is 24.4. The Kier molecular flexibility index (Phi) is 4.23. The van der Waals surface area contributed by atoms with E-state index in [0.29, 0.717) is 6.04 Å². The van der Waals surface area contributed by atoms with Gasteiger partial charge in [-0.15, -0.1) is 0 Å². The maximum atomic E-state index is 6.37. The Morgan fingerprint density at radius 1 is 1.47 bits per heavy atom. The molecule has 2 heterocycles. The number of hydrogen-bond acceptors (Lipinski definition) is 3. The predicted octanol–water partition coefficient (Wildman–Crippen LogP) is 2.34. The van der Waals surface area contributed by atoms with E-state index >= 15 is 0 Å². The molecule has 1 saturated heterocycles. The van der Waals surface area contributed by atoms with Gasteiger partial charge in [0.2, 0.25) is 0 Å². The van der Waals surface area contributed by atoms with E-state index in [0.717, 1.165) is 42.5 Å². The molecule has 5 heteroatoms. The second-order valence-corrected chi connectivity index (χ2v) is 6.70. The molecule has 0 spiro atoms. The van der Waals surface area contributed by atoms with Gasteiger partial charge in [0.05, 0.1) is 16.4 Å². The predicted molar refractivity (Wildman–Crippen MR) is 79.5 cm³/mol. The summed E-state index contributed by atoms with van der Waals surface area (Å²) >= 11 is 6.37. The van der Waals surface area contributed by atoms with E-state index in [1.165, 1.54) is 0 Å². The summed E-state index contributed by atoms with van der Waals surface area (Å²) in [6.07, 6.45) is 1.16. The molecule has 0 saturated carbocycles. The second kappa shape index (κ2) is 5.43. The third kappa shape index (κ3) is 3.30. The molecule has 1 aliphatic rings. The van der Waals surface area contributed by atoms with E-state index in [2.05, 4.69) is 36.1 Å². The summed E-state index contributed by atoms with van der Waals surface area (Å²) in [4.78, 5) is 2.50. The van der Waals surface area contributed by atoms with Crippen molar-refractivity contribution in [3.63, 3.8) is 0 Å². The smallest absolute Gasteiger partial charge is 0.0860 e. The van der Waals surface area contributed by atoms with Crippen molar-refractivity contribution in [1.82, 2.24) is 20.0 Å². The van der Waals surface area contributed by atoms with Crippen molar-refractivity contribution in [2.24, 2.45) is 7.05 Å². The monoisotopic (exact) mass is 284 g/mol. The first-order valence-electron chi connectivity index (χ1n) is 6.97. The topological polar surface area (TPSA) is 33.1 Å². The van der Waals surface area contributed by atoms with Gasteiger partial charge in [0, 0.05) is 31.7 Å². The molecule has 0 aliphatic carbocycles. The third-order valence-corrected chi connectivity index (χ3v) is 4.49. The molecule has 0 radical (unpaired) electrons. The van der Waals surface area contributed by atoms with Crippen molar-refractivity contribution in [3.8, 4) is 0 Å². The Hall–Kier alpha value is -0.580. The molecule has 1 aromatic heterocycles. The van der Waals surface area contributed by atoms with Gasteiger partial charge in [-0.05, 0) is 40.7 Å². The number of nitrogens with zero attached hydrogens (tertiary/aromatic N) is 3. The standard InChI is InChI=1S/C14H25ClN4/c1-10-6-7-16-14(3,4)9-19(10)8-12-13(15)11(2)17-18(12)5/h10,16H,6-9H2,1-5H3. The van der Waals surface area contributed by atoms with Crippen LogP contribution >= 0.6 is 11.6 Å². The zero-order chi connectivity index (χ0) is 14.2. The lowest BCUT2D eigenvalue weighted by Gasteiger charge is -2.32. The highest BCUT2D eigenvalue weighted by Gasteiger charge is 2.29. The zero-order valence-corrected chi connectivity index (χ0v) is 13.4. The molecule has 1 aliphatic heterocycles. The SMILES string of the molecule is Cc1nn(C)c(CN2CC(C)(C)NCCC2C)c1Cl. The molecule has 0 aromatic carbocycles. The molecule has 1 aromatic rings. The van der Waals surface area contributed by atoms with Gasteiger partial charge in [-0.25, -0.2) is 0 Å². The summed E-state index contributed by atoms with van der Waals surface area (Å²) in [6, 6.07) is 0.556. The molecule has 1 N–H and O–H groups in total. The molecule has 4 nitrogen and oxygen atoms in total. The molecule has 0 amide bonds. The Balaban J connectivity index is 2.20. The van der Waals surface area contributed by atoms with Crippen LogP contribution in [0.5, 0.6) is 0 Å². The summed E-state index contributed by atoms with van der Waals surface area (Å²) < 4.78 is 1.91. The highest BCUT2D eigenvalue weighted by Crippen LogP contribution is 2.24. The van der Waals surface area contributed by atoms with E-state index in [-0.39, 0.29) is 5.54 Å². The van der Waals surface area contributed by atoms with E-state index in [1.807, 2.05) is 18.7 Å². The van der Waals surface area contributed by atoms with Crippen LogP contribution in [0.15, 0.2) is 0 Å². The maximum absolute atomic E-state index is 6.37. The summed E-state index contributed by atoms with van der Waals surface area (Å²) in [5.41, 5.74) is 2.17. The van der Waals surface area contributed by atoms with Crippen LogP contribution in [0.25, 0.3) is 0 Å². The van der Waals surface area contributed by atoms with Crippen LogP contribution in [-0.4, -0.2) is 39.4 Å². The Morgan fingerprint density at radius 2 is 2.16 bits per heavy atom. The Labute approximate surface area is 121 Å². The number of aromatic nitrogens is 2. The molecule has 2 rings (SSSR count). The van der Waals surface area contributed by atoms with Crippen molar-refractivity contribution in [2.45, 2.75) is 52.2 Å². The van der Waals surface area contributed by atoms with Crippen molar-refractivity contribution in [2.75, 3.05) is 13.1 Å². The molecule has 108 valence electrons. The van der Waals surface area contributed by atoms with E-state index in [1.54, 1.807) is 0 Å². The number of hydrogen-bond donors (Lipinski definition) is 1. The van der Waals surface area contributed by atoms with Crippen LogP contribution in [0, 0.1) is 6.92 Å². The maximum Gasteiger partial charge on any atom is 0.0860 e. The second-order valence-electron chi connectivity index (χ2n) is 6.32. The fourth-order valence-corrected chi connectivity index (χ4v) is 3.00. The number of nitrogens with one attached hydrogen (secondary N) is 1. The Morgan fingerprint density at radius 3 is 2.74 bits per heavy atom. The van der Waals surface area contributed by atoms with Crippen LogP contribution in [0.4, 0.5) is 0 Å². The van der Waals surface area contributed by atoms with E-state index < -0.39 is 0 Å². The summed E-state index contributed by atoms with van der Waals surface area (Å²) in [5, 5.41) is 8.82. The molecule has 19 heavy (non-hydrogen) atoms. The minimum atomic E-state index is 0.144. The third-order valence-electron chi connectivity index (χ3n) is 4.00. The summed E-state index contributed by atoms with van der Waals surface area (Å²) in [6.45, 7) is 11.7. The van der Waals surface area contributed by atoms with E-state index in [4.69, 9.17) is 11.6 Å². The van der Waals surface area contributed by atoms with Crippen molar-refractivity contribution in [1.29, 1.82) is 0 Å². The van der Waals surface area contributed by atoms with Gasteiger partial charge in [-0.1, -0.05) is 11.6 Å². The number of rotatable bonds is 2. The van der Waals surface area contributed by atoms with Gasteiger partial charge in [0.1, 0.15) is 0 Å². The van der Waals surface area contributed by atoms with Crippen molar-refractivity contribution in [3.05, 3.63) is 16.4 Å². The average molecular weight is 285 g/mol. The van der Waals surface area contributed by atoms with E-state index in [9.17, 15) is 0 Å². The molecular weight excluding hydrogens is 260 g/mol. The quantitative estimate of drug-likeness (QED) is 0.905. The highest BCUT2D eigenvalue weighted by molar-refractivity contribution is 6.31. The fourth-order valence-electron chi connectivity index (χ4n) is 2.78. The van der Waals surface area contributed by atoms with Gasteiger partial charge in [0.25, 0.3) is 0 Å². The average Bonchev–Trinajstić information content (AvgIpc) is 2.45. The first-order valence-corrected chi connectivity index (χ1v) is 7.35. The number of aryl methyl sites for hydroxylation is 2. The number of halogens is 1. The van der Waals surface area contributed by atoms with Gasteiger partial charge in [-0.3, -0.25) is 9.58 Å². The molecule has 0 bridgehead atoms. The van der Waals surface area contributed by atoms with Gasteiger partial charge in [-0.2, -0.15) is 5.10 Å². The fraction of sp³-hybridized carbons (Fsp3) is 0.786. The Bertz CT molecular complexity index is 453. The van der Waals surface area contributed by atoms with Crippen LogP contribution in [0.2, 0.25) is 5.02 Å². The summed E-state index contributed by atoms with van der Waals surface area (Å²) in [7, 11) is 1.97. The van der Waals surface area contributed by atoms with Gasteiger partial charge in [0.15, 0.2) is 0 Å². The van der Waals surface area contributed by atoms with Crippen LogP contribution in [-0.2, 0) is 13.6 Å². The van der Waals surface area contributed by atoms with Crippen molar-refractivity contribution < 1.29 is 0 Å². The van der Waals surface area contributed by atoms with Crippen LogP contribution in [0.3, 0.4) is 0 Å². The van der Waals surface area contributed by atoms with Crippen LogP contribution < -0.4 is 5.32 Å². The van der Waals surface area contributed by atoms with Crippen LogP contribution in [0.1, 0.15) is 38.6 Å². The first kappa shape index (κ1) is 14.8. The highest BCUT2D eigenvalue weighted by atomic mass is 35.5. The lowest BCUT2D eigenvalue weighted by molar-refractivity contribution is 0.169. The lowest BCUT2D eigenvalue weighted by Crippen LogP contribution is -2.47. The minimum absolute atomic E-state index is 0.144. The van der Waals surface area contributed by atoms with Crippen molar-refractivity contribution >= 4 is 11.6 Å². The zero-order valence-electron chi connectivity index (χ0n) is 12.6. The van der Waals surface area contributed by atoms with Gasteiger partial charge < -0.3 is 5.32 Å². The molecule has 1 fully saturated rings. The summed E-state index contributed by atoms with van der Waals surface area (Å²) in [5.74, 6) is 0. The molecular formula is C14H25ClN4. The van der Waals surface area contributed by atoms with Gasteiger partial charge >= 0.3 is 0 Å². The lowest BCUT2D eigenvalue weighted by atomic mass is 10.1. The first-order chi connectivity index (χ1) is 8.80. The minimum Gasteiger partial charge on any atom is -0.310 e. The largest absolute Gasteiger partial charge is 0.310 e. The molecule has 1 atom stereocenters. The molecule has 1 unspecified atom stereocenters.